The third kappa shape index (κ3) is 4.10. The molecule has 1 N–H and O–H groups in total. The summed E-state index contributed by atoms with van der Waals surface area (Å²) >= 11 is 0. The fourth-order valence-corrected chi connectivity index (χ4v) is 2.04. The molecule has 1 heterocycles. The normalized spacial score (nSPS) is 20.4. The fourth-order valence-electron chi connectivity index (χ4n) is 2.04. The van der Waals surface area contributed by atoms with Gasteiger partial charge in [0, 0.05) is 19.6 Å². The van der Waals surface area contributed by atoms with Crippen LogP contribution in [0.5, 0.6) is 0 Å². The van der Waals surface area contributed by atoms with Gasteiger partial charge in [0.2, 0.25) is 5.91 Å². The van der Waals surface area contributed by atoms with Gasteiger partial charge >= 0.3 is 0 Å². The Morgan fingerprint density at radius 2 is 2.06 bits per heavy atom. The SMILES string of the molecule is CCCN(CCN(C)C)C(=O)[C@@H]1CCCN1. The second-order valence-electron chi connectivity index (χ2n) is 4.78. The van der Waals surface area contributed by atoms with Crippen LogP contribution >= 0.6 is 0 Å². The Hall–Kier alpha value is -0.610. The molecule has 0 aromatic heterocycles. The lowest BCUT2D eigenvalue weighted by molar-refractivity contribution is -0.133. The Bertz CT molecular complexity index is 212. The maximum atomic E-state index is 12.2. The van der Waals surface area contributed by atoms with Gasteiger partial charge in [-0.2, -0.15) is 0 Å². The molecule has 4 heteroatoms. The van der Waals surface area contributed by atoms with Gasteiger partial charge in [0.1, 0.15) is 0 Å². The Labute approximate surface area is 99.0 Å². The highest BCUT2D eigenvalue weighted by molar-refractivity contribution is 5.82. The van der Waals surface area contributed by atoms with Crippen LogP contribution in [0.2, 0.25) is 0 Å². The van der Waals surface area contributed by atoms with Crippen molar-refractivity contribution >= 4 is 5.91 Å². The minimum atomic E-state index is 0.0775. The zero-order chi connectivity index (χ0) is 12.0. The van der Waals surface area contributed by atoms with Gasteiger partial charge in [-0.1, -0.05) is 6.92 Å². The summed E-state index contributed by atoms with van der Waals surface area (Å²) in [5.41, 5.74) is 0. The fraction of sp³-hybridized carbons (Fsp3) is 0.917. The molecule has 1 amide bonds. The van der Waals surface area contributed by atoms with E-state index in [0.717, 1.165) is 45.4 Å². The second-order valence-corrected chi connectivity index (χ2v) is 4.78. The molecule has 1 aliphatic rings. The summed E-state index contributed by atoms with van der Waals surface area (Å²) in [4.78, 5) is 16.3. The molecule has 1 fully saturated rings. The average Bonchev–Trinajstić information content (AvgIpc) is 2.76. The maximum Gasteiger partial charge on any atom is 0.239 e. The van der Waals surface area contributed by atoms with Gasteiger partial charge in [-0.25, -0.2) is 0 Å². The van der Waals surface area contributed by atoms with Crippen LogP contribution in [0.4, 0.5) is 0 Å². The molecular weight excluding hydrogens is 202 g/mol. The minimum Gasteiger partial charge on any atom is -0.340 e. The first-order valence-electron chi connectivity index (χ1n) is 6.32. The molecule has 1 aliphatic heterocycles. The largest absolute Gasteiger partial charge is 0.340 e. The van der Waals surface area contributed by atoms with E-state index in [1.165, 1.54) is 0 Å². The summed E-state index contributed by atoms with van der Waals surface area (Å²) in [5, 5.41) is 3.28. The van der Waals surface area contributed by atoms with Gasteiger partial charge in [-0.05, 0) is 39.9 Å². The van der Waals surface area contributed by atoms with Gasteiger partial charge in [0.05, 0.1) is 6.04 Å². The Morgan fingerprint density at radius 3 is 2.56 bits per heavy atom. The first kappa shape index (κ1) is 13.5. The monoisotopic (exact) mass is 227 g/mol. The summed E-state index contributed by atoms with van der Waals surface area (Å²) in [5.74, 6) is 0.293. The summed E-state index contributed by atoms with van der Waals surface area (Å²) in [6.07, 6.45) is 3.16. The van der Waals surface area contributed by atoms with E-state index >= 15 is 0 Å². The van der Waals surface area contributed by atoms with Crippen LogP contribution < -0.4 is 5.32 Å². The number of likely N-dealkylation sites (N-methyl/N-ethyl adjacent to an activating group) is 1. The van der Waals surface area contributed by atoms with Crippen molar-refractivity contribution in [1.82, 2.24) is 15.1 Å². The van der Waals surface area contributed by atoms with Crippen LogP contribution in [-0.2, 0) is 4.79 Å². The minimum absolute atomic E-state index is 0.0775. The van der Waals surface area contributed by atoms with E-state index in [2.05, 4.69) is 17.1 Å². The van der Waals surface area contributed by atoms with Crippen LogP contribution in [0.25, 0.3) is 0 Å². The van der Waals surface area contributed by atoms with E-state index in [0.29, 0.717) is 5.91 Å². The van der Waals surface area contributed by atoms with E-state index in [1.807, 2.05) is 19.0 Å². The van der Waals surface area contributed by atoms with Gasteiger partial charge in [-0.15, -0.1) is 0 Å². The van der Waals surface area contributed by atoms with Gasteiger partial charge < -0.3 is 15.1 Å². The van der Waals surface area contributed by atoms with Gasteiger partial charge in [-0.3, -0.25) is 4.79 Å². The van der Waals surface area contributed by atoms with Gasteiger partial charge in [0.25, 0.3) is 0 Å². The molecule has 0 spiro atoms. The molecule has 0 aromatic carbocycles. The molecule has 0 aliphatic carbocycles. The smallest absolute Gasteiger partial charge is 0.239 e. The third-order valence-corrected chi connectivity index (χ3v) is 2.98. The van der Waals surface area contributed by atoms with E-state index in [-0.39, 0.29) is 6.04 Å². The predicted molar refractivity (Wildman–Crippen MR) is 66.4 cm³/mol. The molecule has 1 rings (SSSR count). The Kier molecular flexibility index (Phi) is 5.77. The number of rotatable bonds is 6. The van der Waals surface area contributed by atoms with E-state index < -0.39 is 0 Å². The van der Waals surface area contributed by atoms with Crippen molar-refractivity contribution < 1.29 is 4.79 Å². The van der Waals surface area contributed by atoms with E-state index in [1.54, 1.807) is 0 Å². The number of hydrogen-bond acceptors (Lipinski definition) is 3. The molecule has 1 saturated heterocycles. The van der Waals surface area contributed by atoms with E-state index in [9.17, 15) is 4.79 Å². The first-order valence-corrected chi connectivity index (χ1v) is 6.32. The van der Waals surface area contributed by atoms with Crippen LogP contribution in [0.3, 0.4) is 0 Å². The van der Waals surface area contributed by atoms with Crippen molar-refractivity contribution in [1.29, 1.82) is 0 Å². The second kappa shape index (κ2) is 6.86. The Balaban J connectivity index is 2.43. The summed E-state index contributed by atoms with van der Waals surface area (Å²) in [6.45, 7) is 5.78. The highest BCUT2D eigenvalue weighted by Crippen LogP contribution is 2.09. The lowest BCUT2D eigenvalue weighted by Crippen LogP contribution is -2.46. The standard InChI is InChI=1S/C12H25N3O/c1-4-8-15(10-9-14(2)3)12(16)11-6-5-7-13-11/h11,13H,4-10H2,1-3H3/t11-/m0/s1. The molecule has 0 saturated carbocycles. The molecule has 0 bridgehead atoms. The van der Waals surface area contributed by atoms with Crippen molar-refractivity contribution in [3.63, 3.8) is 0 Å². The van der Waals surface area contributed by atoms with Crippen LogP contribution in [0, 0.1) is 0 Å². The lowest BCUT2D eigenvalue weighted by atomic mass is 10.2. The van der Waals surface area contributed by atoms with Crippen LogP contribution in [0.1, 0.15) is 26.2 Å². The van der Waals surface area contributed by atoms with Crippen molar-refractivity contribution in [3.05, 3.63) is 0 Å². The lowest BCUT2D eigenvalue weighted by Gasteiger charge is -2.26. The number of nitrogens with zero attached hydrogens (tertiary/aromatic N) is 2. The van der Waals surface area contributed by atoms with Gasteiger partial charge in [0.15, 0.2) is 0 Å². The molecule has 0 aromatic rings. The number of carbonyl (C=O) groups is 1. The van der Waals surface area contributed by atoms with Crippen molar-refractivity contribution in [3.8, 4) is 0 Å². The molecule has 0 radical (unpaired) electrons. The summed E-state index contributed by atoms with van der Waals surface area (Å²) in [6, 6.07) is 0.0775. The quantitative estimate of drug-likeness (QED) is 0.719. The average molecular weight is 227 g/mol. The topological polar surface area (TPSA) is 35.6 Å². The number of carbonyl (C=O) groups excluding carboxylic acids is 1. The molecule has 16 heavy (non-hydrogen) atoms. The first-order chi connectivity index (χ1) is 7.65. The molecule has 1 atom stereocenters. The van der Waals surface area contributed by atoms with Crippen LogP contribution in [-0.4, -0.2) is 62.0 Å². The molecule has 94 valence electrons. The zero-order valence-corrected chi connectivity index (χ0v) is 10.8. The van der Waals surface area contributed by atoms with Crippen LogP contribution in [0.15, 0.2) is 0 Å². The van der Waals surface area contributed by atoms with E-state index in [4.69, 9.17) is 0 Å². The highest BCUT2D eigenvalue weighted by Gasteiger charge is 2.26. The Morgan fingerprint density at radius 1 is 1.31 bits per heavy atom. The maximum absolute atomic E-state index is 12.2. The number of nitrogens with one attached hydrogen (secondary N) is 1. The van der Waals surface area contributed by atoms with Crippen molar-refractivity contribution in [2.24, 2.45) is 0 Å². The molecular formula is C12H25N3O. The molecule has 0 unspecified atom stereocenters. The third-order valence-electron chi connectivity index (χ3n) is 2.98. The molecule has 4 nitrogen and oxygen atoms in total. The number of hydrogen-bond donors (Lipinski definition) is 1. The van der Waals surface area contributed by atoms with Crippen molar-refractivity contribution in [2.45, 2.75) is 32.2 Å². The summed E-state index contributed by atoms with van der Waals surface area (Å²) < 4.78 is 0. The zero-order valence-electron chi connectivity index (χ0n) is 10.8. The van der Waals surface area contributed by atoms with Crippen molar-refractivity contribution in [2.75, 3.05) is 40.3 Å². The summed E-state index contributed by atoms with van der Waals surface area (Å²) in [7, 11) is 4.09. The number of amides is 1. The predicted octanol–water partition coefficient (Wildman–Crippen LogP) is 0.539. The highest BCUT2D eigenvalue weighted by atomic mass is 16.2.